The fourth-order valence-electron chi connectivity index (χ4n) is 2.43. The molecule has 4 nitrogen and oxygen atoms in total. The van der Waals surface area contributed by atoms with Crippen molar-refractivity contribution < 1.29 is 18.3 Å². The van der Waals surface area contributed by atoms with Crippen LogP contribution >= 0.6 is 0 Å². The van der Waals surface area contributed by atoms with Crippen LogP contribution in [0.4, 0.5) is 8.78 Å². The fraction of sp³-hybridized carbons (Fsp3) is 0.278. The maximum atomic E-state index is 12.3. The first-order valence-corrected chi connectivity index (χ1v) is 7.31. The first-order chi connectivity index (χ1) is 11.5. The van der Waals surface area contributed by atoms with Crippen molar-refractivity contribution in [1.82, 2.24) is 4.90 Å². The van der Waals surface area contributed by atoms with E-state index in [1.54, 1.807) is 18.2 Å². The topological polar surface area (TPSA) is 45.5 Å². The Morgan fingerprint density at radius 3 is 2.54 bits per heavy atom. The molecule has 0 spiro atoms. The summed E-state index contributed by atoms with van der Waals surface area (Å²) < 4.78 is 34.2. The first kappa shape index (κ1) is 17.7. The molecule has 0 saturated carbocycles. The number of nitrogens with zero attached hydrogens (tertiary/aromatic N) is 2. The van der Waals surface area contributed by atoms with Gasteiger partial charge in [0, 0.05) is 13.1 Å². The van der Waals surface area contributed by atoms with Crippen LogP contribution in [-0.4, -0.2) is 25.7 Å². The van der Waals surface area contributed by atoms with Gasteiger partial charge in [-0.25, -0.2) is 0 Å². The van der Waals surface area contributed by atoms with Crippen molar-refractivity contribution in [1.29, 1.82) is 5.26 Å². The average Bonchev–Trinajstić information content (AvgIpc) is 2.56. The molecule has 0 aliphatic rings. The molecule has 0 fully saturated rings. The van der Waals surface area contributed by atoms with Gasteiger partial charge in [0.15, 0.2) is 11.5 Å². The monoisotopic (exact) mass is 332 g/mol. The van der Waals surface area contributed by atoms with Crippen LogP contribution in [0.25, 0.3) is 0 Å². The smallest absolute Gasteiger partial charge is 0.387 e. The molecule has 0 radical (unpaired) electrons. The molecular weight excluding hydrogens is 314 g/mol. The highest BCUT2D eigenvalue weighted by Gasteiger charge is 2.12. The van der Waals surface area contributed by atoms with E-state index in [1.807, 2.05) is 30.1 Å². The summed E-state index contributed by atoms with van der Waals surface area (Å²) >= 11 is 0. The number of hydrogen-bond donors (Lipinski definition) is 0. The molecule has 126 valence electrons. The zero-order valence-electron chi connectivity index (χ0n) is 13.5. The van der Waals surface area contributed by atoms with Crippen LogP contribution in [0.1, 0.15) is 16.7 Å². The lowest BCUT2D eigenvalue weighted by Gasteiger charge is -2.18. The van der Waals surface area contributed by atoms with Gasteiger partial charge in [-0.3, -0.25) is 4.90 Å². The minimum atomic E-state index is -2.89. The highest BCUT2D eigenvalue weighted by Crippen LogP contribution is 2.30. The SMILES string of the molecule is COc1cc(CN(C)Cc2ccccc2C#N)ccc1OC(F)F. The lowest BCUT2D eigenvalue weighted by atomic mass is 10.1. The molecule has 0 amide bonds. The van der Waals surface area contributed by atoms with Gasteiger partial charge in [0.25, 0.3) is 0 Å². The normalized spacial score (nSPS) is 10.7. The summed E-state index contributed by atoms with van der Waals surface area (Å²) in [7, 11) is 3.33. The molecule has 2 aromatic rings. The number of methoxy groups -OCH3 is 1. The van der Waals surface area contributed by atoms with E-state index in [4.69, 9.17) is 10.00 Å². The number of ether oxygens (including phenoxy) is 2. The molecule has 0 aromatic heterocycles. The Balaban J connectivity index is 2.09. The second-order valence-electron chi connectivity index (χ2n) is 5.30. The van der Waals surface area contributed by atoms with Crippen LogP contribution in [0.15, 0.2) is 42.5 Å². The Morgan fingerprint density at radius 2 is 1.88 bits per heavy atom. The molecule has 2 aromatic carbocycles. The minimum absolute atomic E-state index is 0.00808. The Kier molecular flexibility index (Phi) is 6.10. The van der Waals surface area contributed by atoms with Gasteiger partial charge in [-0.1, -0.05) is 24.3 Å². The largest absolute Gasteiger partial charge is 0.493 e. The molecule has 0 bridgehead atoms. The van der Waals surface area contributed by atoms with Crippen molar-refractivity contribution in [2.24, 2.45) is 0 Å². The zero-order valence-corrected chi connectivity index (χ0v) is 13.5. The highest BCUT2D eigenvalue weighted by molar-refractivity contribution is 5.43. The first-order valence-electron chi connectivity index (χ1n) is 7.31. The second kappa shape index (κ2) is 8.27. The van der Waals surface area contributed by atoms with E-state index < -0.39 is 6.61 Å². The van der Waals surface area contributed by atoms with Crippen molar-refractivity contribution in [2.75, 3.05) is 14.2 Å². The Labute approximate surface area is 139 Å². The number of hydrogen-bond acceptors (Lipinski definition) is 4. The van der Waals surface area contributed by atoms with Crippen molar-refractivity contribution in [3.8, 4) is 17.6 Å². The Bertz CT molecular complexity index is 729. The number of nitriles is 1. The molecule has 0 unspecified atom stereocenters. The summed E-state index contributed by atoms with van der Waals surface area (Å²) in [6.45, 7) is -1.72. The predicted molar refractivity (Wildman–Crippen MR) is 86.0 cm³/mol. The van der Waals surface area contributed by atoms with Crippen LogP contribution in [-0.2, 0) is 13.1 Å². The van der Waals surface area contributed by atoms with Crippen LogP contribution in [0.2, 0.25) is 0 Å². The molecule has 0 heterocycles. The molecule has 2 rings (SSSR count). The zero-order chi connectivity index (χ0) is 17.5. The van der Waals surface area contributed by atoms with E-state index in [0.29, 0.717) is 18.7 Å². The van der Waals surface area contributed by atoms with E-state index in [0.717, 1.165) is 11.1 Å². The van der Waals surface area contributed by atoms with Crippen molar-refractivity contribution in [2.45, 2.75) is 19.7 Å². The number of rotatable bonds is 7. The van der Waals surface area contributed by atoms with Gasteiger partial charge in [-0.05, 0) is 36.4 Å². The summed E-state index contributed by atoms with van der Waals surface area (Å²) in [6, 6.07) is 14.4. The molecule has 0 N–H and O–H groups in total. The third-order valence-electron chi connectivity index (χ3n) is 3.47. The van der Waals surface area contributed by atoms with E-state index in [2.05, 4.69) is 10.8 Å². The van der Waals surface area contributed by atoms with Crippen LogP contribution in [0, 0.1) is 11.3 Å². The van der Waals surface area contributed by atoms with Gasteiger partial charge in [-0.15, -0.1) is 0 Å². The Hall–Kier alpha value is -2.65. The summed E-state index contributed by atoms with van der Waals surface area (Å²) in [5, 5.41) is 9.13. The van der Waals surface area contributed by atoms with Crippen LogP contribution < -0.4 is 9.47 Å². The van der Waals surface area contributed by atoms with E-state index in [-0.39, 0.29) is 11.5 Å². The minimum Gasteiger partial charge on any atom is -0.493 e. The maximum Gasteiger partial charge on any atom is 0.387 e. The van der Waals surface area contributed by atoms with Gasteiger partial charge in [0.2, 0.25) is 0 Å². The number of benzene rings is 2. The molecule has 0 aliphatic carbocycles. The molecule has 0 aliphatic heterocycles. The van der Waals surface area contributed by atoms with E-state index >= 15 is 0 Å². The lowest BCUT2D eigenvalue weighted by Crippen LogP contribution is -2.18. The van der Waals surface area contributed by atoms with Gasteiger partial charge >= 0.3 is 6.61 Å². The average molecular weight is 332 g/mol. The van der Waals surface area contributed by atoms with Crippen LogP contribution in [0.5, 0.6) is 11.5 Å². The summed E-state index contributed by atoms with van der Waals surface area (Å²) in [6.07, 6.45) is 0. The number of alkyl halides is 2. The molecule has 6 heteroatoms. The predicted octanol–water partition coefficient (Wildman–Crippen LogP) is 3.80. The maximum absolute atomic E-state index is 12.3. The third kappa shape index (κ3) is 4.67. The van der Waals surface area contributed by atoms with E-state index in [9.17, 15) is 8.78 Å². The third-order valence-corrected chi connectivity index (χ3v) is 3.47. The van der Waals surface area contributed by atoms with Crippen LogP contribution in [0.3, 0.4) is 0 Å². The van der Waals surface area contributed by atoms with Gasteiger partial charge in [0.05, 0.1) is 18.7 Å². The van der Waals surface area contributed by atoms with Gasteiger partial charge in [-0.2, -0.15) is 14.0 Å². The van der Waals surface area contributed by atoms with Crippen molar-refractivity contribution in [3.63, 3.8) is 0 Å². The van der Waals surface area contributed by atoms with E-state index in [1.165, 1.54) is 13.2 Å². The molecule has 0 saturated heterocycles. The van der Waals surface area contributed by atoms with Crippen molar-refractivity contribution in [3.05, 3.63) is 59.2 Å². The summed E-state index contributed by atoms with van der Waals surface area (Å²) in [5.41, 5.74) is 2.47. The quantitative estimate of drug-likeness (QED) is 0.774. The summed E-state index contributed by atoms with van der Waals surface area (Å²) in [4.78, 5) is 2.03. The summed E-state index contributed by atoms with van der Waals surface area (Å²) in [5.74, 6) is 0.271. The standard InChI is InChI=1S/C18H18F2N2O2/c1-22(12-15-6-4-3-5-14(15)10-21)11-13-7-8-16(24-18(19)20)17(9-13)23-2/h3-9,18H,11-12H2,1-2H3. The molecular formula is C18H18F2N2O2. The Morgan fingerprint density at radius 1 is 1.12 bits per heavy atom. The number of halogens is 2. The fourth-order valence-corrected chi connectivity index (χ4v) is 2.43. The lowest BCUT2D eigenvalue weighted by molar-refractivity contribution is -0.0512. The second-order valence-corrected chi connectivity index (χ2v) is 5.30. The molecule has 0 atom stereocenters. The van der Waals surface area contributed by atoms with Gasteiger partial charge in [0.1, 0.15) is 0 Å². The van der Waals surface area contributed by atoms with Gasteiger partial charge < -0.3 is 9.47 Å². The highest BCUT2D eigenvalue weighted by atomic mass is 19.3. The van der Waals surface area contributed by atoms with Crippen molar-refractivity contribution >= 4 is 0 Å². The molecule has 24 heavy (non-hydrogen) atoms.